The molecule has 6 aromatic rings. The zero-order valence-electron chi connectivity index (χ0n) is 20.6. The number of rotatable bonds is 3. The summed E-state index contributed by atoms with van der Waals surface area (Å²) in [5, 5.41) is 2.45. The molecule has 0 atom stereocenters. The Hall–Kier alpha value is -4.35. The summed E-state index contributed by atoms with van der Waals surface area (Å²) in [5.74, 6) is 1.95. The van der Waals surface area contributed by atoms with Gasteiger partial charge in [-0.25, -0.2) is 4.98 Å². The molecule has 37 heavy (non-hydrogen) atoms. The first-order valence-corrected chi connectivity index (χ1v) is 13.2. The number of thiophene rings is 1. The second-order valence-electron chi connectivity index (χ2n) is 9.77. The van der Waals surface area contributed by atoms with Crippen molar-refractivity contribution in [2.45, 2.75) is 19.3 Å². The third kappa shape index (κ3) is 3.46. The molecule has 1 aliphatic rings. The third-order valence-corrected chi connectivity index (χ3v) is 8.27. The molecule has 0 fully saturated rings. The number of benzene rings is 4. The number of aromatic nitrogens is 3. The Morgan fingerprint density at radius 2 is 1.19 bits per heavy atom. The molecule has 0 aliphatic carbocycles. The van der Waals surface area contributed by atoms with Crippen molar-refractivity contribution in [2.75, 3.05) is 4.90 Å². The molecule has 178 valence electrons. The number of anilines is 3. The molecule has 4 aromatic carbocycles. The van der Waals surface area contributed by atoms with Crippen molar-refractivity contribution >= 4 is 38.1 Å². The van der Waals surface area contributed by atoms with Crippen LogP contribution in [0.3, 0.4) is 0 Å². The monoisotopic (exact) mass is 496 g/mol. The minimum Gasteiger partial charge on any atom is -0.269 e. The van der Waals surface area contributed by atoms with Gasteiger partial charge >= 0.3 is 0 Å². The Bertz CT molecular complexity index is 1700. The fraction of sp³-hybridized carbons (Fsp3) is 0.0938. The predicted molar refractivity (Wildman–Crippen MR) is 153 cm³/mol. The van der Waals surface area contributed by atoms with Gasteiger partial charge in [-0.3, -0.25) is 4.90 Å². The van der Waals surface area contributed by atoms with E-state index in [2.05, 4.69) is 67.3 Å². The van der Waals surface area contributed by atoms with Crippen LogP contribution in [0.1, 0.15) is 25.0 Å². The first-order chi connectivity index (χ1) is 18.1. The standard InChI is InChI=1S/C32H24N4S/c1-32(2)24-18-10-11-19-25(24)36(30-27(32)23-17-9-12-20-26(23)37-30)31-34-28(21-13-5-3-6-14-21)33-29(35-31)22-15-7-4-8-16-22/h3-20H,1-2H3. The van der Waals surface area contributed by atoms with Crippen molar-refractivity contribution in [3.63, 3.8) is 0 Å². The Kier molecular flexibility index (Phi) is 4.94. The average molecular weight is 497 g/mol. The van der Waals surface area contributed by atoms with E-state index in [0.29, 0.717) is 17.6 Å². The van der Waals surface area contributed by atoms with Crippen LogP contribution in [-0.4, -0.2) is 15.0 Å². The molecule has 0 saturated carbocycles. The van der Waals surface area contributed by atoms with Crippen LogP contribution in [0.5, 0.6) is 0 Å². The van der Waals surface area contributed by atoms with Crippen LogP contribution in [-0.2, 0) is 5.41 Å². The Balaban J connectivity index is 1.54. The van der Waals surface area contributed by atoms with Gasteiger partial charge in [0.2, 0.25) is 5.95 Å². The Labute approximate surface area is 219 Å². The van der Waals surface area contributed by atoms with E-state index in [-0.39, 0.29) is 5.41 Å². The van der Waals surface area contributed by atoms with Gasteiger partial charge in [0.25, 0.3) is 0 Å². The fourth-order valence-corrected chi connectivity index (χ4v) is 6.70. The van der Waals surface area contributed by atoms with Crippen molar-refractivity contribution in [1.82, 2.24) is 15.0 Å². The van der Waals surface area contributed by atoms with E-state index < -0.39 is 0 Å². The summed E-state index contributed by atoms with van der Waals surface area (Å²) in [4.78, 5) is 17.3. The normalized spacial score (nSPS) is 13.8. The minimum atomic E-state index is -0.167. The van der Waals surface area contributed by atoms with E-state index in [9.17, 15) is 0 Å². The quantitative estimate of drug-likeness (QED) is 0.246. The van der Waals surface area contributed by atoms with Crippen LogP contribution in [0, 0.1) is 0 Å². The maximum atomic E-state index is 5.08. The zero-order valence-corrected chi connectivity index (χ0v) is 21.4. The number of nitrogens with zero attached hydrogens (tertiary/aromatic N) is 4. The highest BCUT2D eigenvalue weighted by Crippen LogP contribution is 2.56. The van der Waals surface area contributed by atoms with E-state index in [0.717, 1.165) is 21.8 Å². The minimum absolute atomic E-state index is 0.167. The van der Waals surface area contributed by atoms with E-state index in [1.807, 2.05) is 60.7 Å². The Morgan fingerprint density at radius 1 is 0.622 bits per heavy atom. The van der Waals surface area contributed by atoms with Gasteiger partial charge in [0.05, 0.1) is 5.69 Å². The molecular formula is C32H24N4S. The van der Waals surface area contributed by atoms with Gasteiger partial charge in [-0.1, -0.05) is 111 Å². The number of hydrogen-bond acceptors (Lipinski definition) is 5. The fourth-order valence-electron chi connectivity index (χ4n) is 5.33. The lowest BCUT2D eigenvalue weighted by Crippen LogP contribution is -2.30. The first kappa shape index (κ1) is 21.9. The smallest absolute Gasteiger partial charge is 0.239 e. The second kappa shape index (κ2) is 8.36. The van der Waals surface area contributed by atoms with Crippen LogP contribution < -0.4 is 4.90 Å². The van der Waals surface area contributed by atoms with Gasteiger partial charge in [0.1, 0.15) is 5.00 Å². The van der Waals surface area contributed by atoms with Crippen molar-refractivity contribution in [3.05, 3.63) is 120 Å². The lowest BCUT2D eigenvalue weighted by atomic mass is 9.74. The Morgan fingerprint density at radius 3 is 1.86 bits per heavy atom. The third-order valence-electron chi connectivity index (χ3n) is 7.11. The van der Waals surface area contributed by atoms with Gasteiger partial charge in [0, 0.05) is 26.8 Å². The molecule has 0 spiro atoms. The molecule has 0 N–H and O–H groups in total. The van der Waals surface area contributed by atoms with Crippen LogP contribution in [0.4, 0.5) is 16.6 Å². The molecular weight excluding hydrogens is 472 g/mol. The molecule has 0 bridgehead atoms. The summed E-state index contributed by atoms with van der Waals surface area (Å²) in [6, 6.07) is 37.6. The highest BCUT2D eigenvalue weighted by Gasteiger charge is 2.40. The van der Waals surface area contributed by atoms with E-state index in [1.54, 1.807) is 11.3 Å². The van der Waals surface area contributed by atoms with Crippen LogP contribution in [0.15, 0.2) is 109 Å². The number of hydrogen-bond donors (Lipinski definition) is 0. The SMILES string of the molecule is CC1(C)c2ccccc2N(c2nc(-c3ccccc3)nc(-c3ccccc3)n2)c2sc3ccccc3c21. The molecule has 1 aliphatic heterocycles. The largest absolute Gasteiger partial charge is 0.269 e. The van der Waals surface area contributed by atoms with Gasteiger partial charge in [-0.05, 0) is 23.1 Å². The van der Waals surface area contributed by atoms with E-state index in [1.165, 1.54) is 21.2 Å². The summed E-state index contributed by atoms with van der Waals surface area (Å²) < 4.78 is 1.26. The summed E-state index contributed by atoms with van der Waals surface area (Å²) in [5.41, 5.74) is 5.44. The average Bonchev–Trinajstić information content (AvgIpc) is 3.34. The zero-order chi connectivity index (χ0) is 25.0. The van der Waals surface area contributed by atoms with Gasteiger partial charge in [-0.15, -0.1) is 11.3 Å². The molecule has 0 saturated heterocycles. The lowest BCUT2D eigenvalue weighted by Gasteiger charge is -2.39. The maximum Gasteiger partial charge on any atom is 0.239 e. The summed E-state index contributed by atoms with van der Waals surface area (Å²) in [6.07, 6.45) is 0. The molecule has 7 rings (SSSR count). The highest BCUT2D eigenvalue weighted by atomic mass is 32.1. The van der Waals surface area contributed by atoms with Gasteiger partial charge < -0.3 is 0 Å². The lowest BCUT2D eigenvalue weighted by molar-refractivity contribution is 0.640. The summed E-state index contributed by atoms with van der Waals surface area (Å²) in [6.45, 7) is 4.64. The molecule has 4 nitrogen and oxygen atoms in total. The summed E-state index contributed by atoms with van der Waals surface area (Å²) >= 11 is 1.80. The van der Waals surface area contributed by atoms with Gasteiger partial charge in [0.15, 0.2) is 11.6 Å². The van der Waals surface area contributed by atoms with Crippen molar-refractivity contribution in [1.29, 1.82) is 0 Å². The first-order valence-electron chi connectivity index (χ1n) is 12.4. The van der Waals surface area contributed by atoms with Crippen LogP contribution >= 0.6 is 11.3 Å². The summed E-state index contributed by atoms with van der Waals surface area (Å²) in [7, 11) is 0. The highest BCUT2D eigenvalue weighted by molar-refractivity contribution is 7.23. The second-order valence-corrected chi connectivity index (χ2v) is 10.8. The molecule has 5 heteroatoms. The van der Waals surface area contributed by atoms with Crippen molar-refractivity contribution in [3.8, 4) is 22.8 Å². The molecule has 0 amide bonds. The molecule has 0 unspecified atom stereocenters. The van der Waals surface area contributed by atoms with E-state index in [4.69, 9.17) is 15.0 Å². The predicted octanol–water partition coefficient (Wildman–Crippen LogP) is 8.53. The number of fused-ring (bicyclic) bond motifs is 4. The topological polar surface area (TPSA) is 41.9 Å². The number of para-hydroxylation sites is 1. The maximum absolute atomic E-state index is 5.08. The van der Waals surface area contributed by atoms with Crippen LogP contribution in [0.2, 0.25) is 0 Å². The van der Waals surface area contributed by atoms with Crippen molar-refractivity contribution in [2.24, 2.45) is 0 Å². The van der Waals surface area contributed by atoms with Crippen molar-refractivity contribution < 1.29 is 0 Å². The van der Waals surface area contributed by atoms with Crippen LogP contribution in [0.25, 0.3) is 32.9 Å². The molecule has 0 radical (unpaired) electrons. The molecule has 3 heterocycles. The van der Waals surface area contributed by atoms with E-state index >= 15 is 0 Å². The molecule has 2 aromatic heterocycles. The van der Waals surface area contributed by atoms with Gasteiger partial charge in [-0.2, -0.15) is 9.97 Å².